The normalized spacial score (nSPS) is 14.7. The zero-order valence-electron chi connectivity index (χ0n) is 14.3. The van der Waals surface area contributed by atoms with Crippen molar-refractivity contribution in [1.82, 2.24) is 9.88 Å². The van der Waals surface area contributed by atoms with Gasteiger partial charge >= 0.3 is 6.18 Å². The second-order valence-corrected chi connectivity index (χ2v) is 6.25. The SMILES string of the molecule is CN(C)c1cccc(C(=O)N2CC(Oc3ncccc3C(F)(F)F)C2)c1. The van der Waals surface area contributed by atoms with E-state index in [1.54, 1.807) is 18.2 Å². The number of nitrogens with zero attached hydrogens (tertiary/aromatic N) is 3. The summed E-state index contributed by atoms with van der Waals surface area (Å²) in [7, 11) is 3.75. The summed E-state index contributed by atoms with van der Waals surface area (Å²) in [6.07, 6.45) is -3.79. The first-order valence-electron chi connectivity index (χ1n) is 8.01. The maximum absolute atomic E-state index is 13.0. The average Bonchev–Trinajstić information content (AvgIpc) is 2.56. The molecule has 5 nitrogen and oxygen atoms in total. The molecular formula is C18H18F3N3O2. The van der Waals surface area contributed by atoms with Gasteiger partial charge in [-0.25, -0.2) is 4.98 Å². The number of hydrogen-bond acceptors (Lipinski definition) is 4. The first kappa shape index (κ1) is 18.0. The van der Waals surface area contributed by atoms with Gasteiger partial charge < -0.3 is 14.5 Å². The lowest BCUT2D eigenvalue weighted by Gasteiger charge is -2.39. The first-order valence-corrected chi connectivity index (χ1v) is 8.01. The zero-order chi connectivity index (χ0) is 18.9. The van der Waals surface area contributed by atoms with Gasteiger partial charge in [-0.2, -0.15) is 13.2 Å². The summed E-state index contributed by atoms with van der Waals surface area (Å²) in [6, 6.07) is 9.31. The minimum Gasteiger partial charge on any atom is -0.470 e. The highest BCUT2D eigenvalue weighted by Gasteiger charge is 2.38. The summed E-state index contributed by atoms with van der Waals surface area (Å²) in [4.78, 5) is 19.6. The Hall–Kier alpha value is -2.77. The van der Waals surface area contributed by atoms with E-state index in [4.69, 9.17) is 4.74 Å². The lowest BCUT2D eigenvalue weighted by molar-refractivity contribution is -0.140. The molecular weight excluding hydrogens is 347 g/mol. The molecule has 1 aliphatic rings. The molecule has 0 atom stereocenters. The Labute approximate surface area is 149 Å². The Balaban J connectivity index is 1.63. The Morgan fingerprint density at radius 1 is 1.23 bits per heavy atom. The van der Waals surface area contributed by atoms with Gasteiger partial charge in [-0.1, -0.05) is 6.07 Å². The highest BCUT2D eigenvalue weighted by molar-refractivity contribution is 5.95. The number of carbonyl (C=O) groups excluding carboxylic acids is 1. The van der Waals surface area contributed by atoms with Crippen LogP contribution >= 0.6 is 0 Å². The molecule has 0 saturated carbocycles. The van der Waals surface area contributed by atoms with Crippen LogP contribution in [0, 0.1) is 0 Å². The molecule has 1 amide bonds. The summed E-state index contributed by atoms with van der Waals surface area (Å²) in [6.45, 7) is 0.442. The number of halogens is 3. The van der Waals surface area contributed by atoms with Crippen LogP contribution in [0.15, 0.2) is 42.6 Å². The number of pyridine rings is 1. The molecule has 2 aromatic rings. The lowest BCUT2D eigenvalue weighted by atomic mass is 10.1. The fourth-order valence-corrected chi connectivity index (χ4v) is 2.64. The van der Waals surface area contributed by atoms with Crippen LogP contribution < -0.4 is 9.64 Å². The Bertz CT molecular complexity index is 802. The van der Waals surface area contributed by atoms with Crippen molar-refractivity contribution in [2.24, 2.45) is 0 Å². The number of hydrogen-bond donors (Lipinski definition) is 0. The second-order valence-electron chi connectivity index (χ2n) is 6.25. The van der Waals surface area contributed by atoms with Crippen LogP contribution in [0.4, 0.5) is 18.9 Å². The van der Waals surface area contributed by atoms with Crippen molar-refractivity contribution in [2.45, 2.75) is 12.3 Å². The average molecular weight is 365 g/mol. The Morgan fingerprint density at radius 3 is 2.62 bits per heavy atom. The van der Waals surface area contributed by atoms with E-state index in [2.05, 4.69) is 4.98 Å². The van der Waals surface area contributed by atoms with Gasteiger partial charge in [0.2, 0.25) is 5.88 Å². The van der Waals surface area contributed by atoms with Crippen molar-refractivity contribution >= 4 is 11.6 Å². The number of benzene rings is 1. The van der Waals surface area contributed by atoms with Gasteiger partial charge in [-0.15, -0.1) is 0 Å². The van der Waals surface area contributed by atoms with Crippen molar-refractivity contribution in [3.05, 3.63) is 53.7 Å². The molecule has 0 aliphatic carbocycles. The van der Waals surface area contributed by atoms with Gasteiger partial charge in [0.1, 0.15) is 11.7 Å². The maximum Gasteiger partial charge on any atom is 0.421 e. The monoisotopic (exact) mass is 365 g/mol. The summed E-state index contributed by atoms with van der Waals surface area (Å²) in [5.74, 6) is -0.627. The molecule has 1 aromatic heterocycles. The number of alkyl halides is 3. The van der Waals surface area contributed by atoms with Gasteiger partial charge in [0.25, 0.3) is 5.91 Å². The largest absolute Gasteiger partial charge is 0.470 e. The van der Waals surface area contributed by atoms with E-state index in [-0.39, 0.29) is 19.0 Å². The van der Waals surface area contributed by atoms with E-state index in [1.165, 1.54) is 17.2 Å². The minimum atomic E-state index is -4.53. The van der Waals surface area contributed by atoms with E-state index >= 15 is 0 Å². The van der Waals surface area contributed by atoms with Crippen LogP contribution in [0.3, 0.4) is 0 Å². The molecule has 8 heteroatoms. The summed E-state index contributed by atoms with van der Waals surface area (Å²) in [5, 5.41) is 0. The number of anilines is 1. The molecule has 2 heterocycles. The van der Waals surface area contributed by atoms with Crippen LogP contribution in [-0.2, 0) is 6.18 Å². The molecule has 0 unspecified atom stereocenters. The van der Waals surface area contributed by atoms with Crippen LogP contribution in [-0.4, -0.2) is 49.1 Å². The minimum absolute atomic E-state index is 0.175. The number of carbonyl (C=O) groups is 1. The fraction of sp³-hybridized carbons (Fsp3) is 0.333. The number of likely N-dealkylation sites (tertiary alicyclic amines) is 1. The van der Waals surface area contributed by atoms with Gasteiger partial charge in [0, 0.05) is 31.5 Å². The van der Waals surface area contributed by atoms with Crippen molar-refractivity contribution in [3.8, 4) is 5.88 Å². The van der Waals surface area contributed by atoms with E-state index < -0.39 is 23.7 Å². The predicted molar refractivity (Wildman–Crippen MR) is 90.3 cm³/mol. The second kappa shape index (κ2) is 6.86. The highest BCUT2D eigenvalue weighted by Crippen LogP contribution is 2.35. The maximum atomic E-state index is 13.0. The third-order valence-corrected chi connectivity index (χ3v) is 4.10. The molecule has 0 radical (unpaired) electrons. The molecule has 0 N–H and O–H groups in total. The van der Waals surface area contributed by atoms with Crippen LogP contribution in [0.25, 0.3) is 0 Å². The third kappa shape index (κ3) is 3.74. The molecule has 0 bridgehead atoms. The lowest BCUT2D eigenvalue weighted by Crippen LogP contribution is -2.56. The predicted octanol–water partition coefficient (Wildman–Crippen LogP) is 3.07. The van der Waals surface area contributed by atoms with E-state index in [0.29, 0.717) is 5.56 Å². The molecule has 1 saturated heterocycles. The third-order valence-electron chi connectivity index (χ3n) is 4.10. The van der Waals surface area contributed by atoms with Gasteiger partial charge in [-0.3, -0.25) is 4.79 Å². The number of rotatable bonds is 4. The summed E-state index contributed by atoms with van der Waals surface area (Å²) in [5.41, 5.74) is 0.513. The Morgan fingerprint density at radius 2 is 1.96 bits per heavy atom. The number of amides is 1. The highest BCUT2D eigenvalue weighted by atomic mass is 19.4. The van der Waals surface area contributed by atoms with Crippen molar-refractivity contribution in [1.29, 1.82) is 0 Å². The van der Waals surface area contributed by atoms with E-state index in [9.17, 15) is 18.0 Å². The quantitative estimate of drug-likeness (QED) is 0.836. The molecule has 3 rings (SSSR count). The summed E-state index contributed by atoms with van der Waals surface area (Å²) < 4.78 is 44.2. The number of ether oxygens (including phenoxy) is 1. The topological polar surface area (TPSA) is 45.7 Å². The summed E-state index contributed by atoms with van der Waals surface area (Å²) >= 11 is 0. The van der Waals surface area contributed by atoms with Crippen molar-refractivity contribution < 1.29 is 22.7 Å². The first-order chi connectivity index (χ1) is 12.3. The smallest absolute Gasteiger partial charge is 0.421 e. The molecule has 26 heavy (non-hydrogen) atoms. The molecule has 0 spiro atoms. The zero-order valence-corrected chi connectivity index (χ0v) is 14.3. The van der Waals surface area contributed by atoms with Crippen LogP contribution in [0.5, 0.6) is 5.88 Å². The van der Waals surface area contributed by atoms with Gasteiger partial charge in [0.15, 0.2) is 0 Å². The Kier molecular flexibility index (Phi) is 4.76. The van der Waals surface area contributed by atoms with E-state index in [0.717, 1.165) is 11.8 Å². The van der Waals surface area contributed by atoms with E-state index in [1.807, 2.05) is 25.1 Å². The van der Waals surface area contributed by atoms with Crippen LogP contribution in [0.2, 0.25) is 0 Å². The van der Waals surface area contributed by atoms with Crippen molar-refractivity contribution in [3.63, 3.8) is 0 Å². The standard InChI is InChI=1S/C18H18F3N3O2/c1-23(2)13-6-3-5-12(9-13)17(25)24-10-14(11-24)26-16-15(18(19,20)21)7-4-8-22-16/h3-9,14H,10-11H2,1-2H3. The molecule has 1 fully saturated rings. The number of aromatic nitrogens is 1. The molecule has 138 valence electrons. The molecule has 1 aliphatic heterocycles. The fourth-order valence-electron chi connectivity index (χ4n) is 2.64. The van der Waals surface area contributed by atoms with Crippen molar-refractivity contribution in [2.75, 3.05) is 32.1 Å². The van der Waals surface area contributed by atoms with Gasteiger partial charge in [-0.05, 0) is 30.3 Å². The molecule has 1 aromatic carbocycles. The van der Waals surface area contributed by atoms with Gasteiger partial charge in [0.05, 0.1) is 13.1 Å². The van der Waals surface area contributed by atoms with Crippen LogP contribution in [0.1, 0.15) is 15.9 Å².